The lowest BCUT2D eigenvalue weighted by molar-refractivity contribution is -0.123. The quantitative estimate of drug-likeness (QED) is 0.781. The van der Waals surface area contributed by atoms with Gasteiger partial charge in [0.2, 0.25) is 5.91 Å². The van der Waals surface area contributed by atoms with Gasteiger partial charge in [0.1, 0.15) is 0 Å². The van der Waals surface area contributed by atoms with Crippen molar-refractivity contribution in [2.45, 2.75) is 45.8 Å². The van der Waals surface area contributed by atoms with Gasteiger partial charge in [-0.15, -0.1) is 0 Å². The highest BCUT2D eigenvalue weighted by Gasteiger charge is 2.26. The third kappa shape index (κ3) is 4.33. The molecular weight excluding hydrogens is 238 g/mol. The first-order valence-electron chi connectivity index (χ1n) is 6.79. The summed E-state index contributed by atoms with van der Waals surface area (Å²) in [7, 11) is 0. The Morgan fingerprint density at radius 1 is 1.26 bits per heavy atom. The van der Waals surface area contributed by atoms with Gasteiger partial charge in [0.15, 0.2) is 0 Å². The number of amides is 1. The molecule has 0 aromatic heterocycles. The van der Waals surface area contributed by atoms with Crippen LogP contribution in [0.25, 0.3) is 0 Å². The lowest BCUT2D eigenvalue weighted by Crippen LogP contribution is -2.45. The summed E-state index contributed by atoms with van der Waals surface area (Å²) in [5.41, 5.74) is 7.63. The predicted molar refractivity (Wildman–Crippen MR) is 76.1 cm³/mol. The van der Waals surface area contributed by atoms with Crippen LogP contribution in [0.3, 0.4) is 0 Å². The molecule has 0 spiro atoms. The minimum atomic E-state index is 0.0000520. The first-order valence-corrected chi connectivity index (χ1v) is 6.79. The molecule has 0 saturated carbocycles. The van der Waals surface area contributed by atoms with E-state index in [-0.39, 0.29) is 23.5 Å². The van der Waals surface area contributed by atoms with Crippen LogP contribution in [0.5, 0.6) is 0 Å². The summed E-state index contributed by atoms with van der Waals surface area (Å²) < 4.78 is 0. The summed E-state index contributed by atoms with van der Waals surface area (Å²) in [6, 6.07) is 10.5. The summed E-state index contributed by atoms with van der Waals surface area (Å²) in [5, 5.41) is 3.02. The number of hydrazine groups is 1. The van der Waals surface area contributed by atoms with Crippen LogP contribution in [0.4, 0.5) is 0 Å². The number of rotatable bonds is 3. The Kier molecular flexibility index (Phi) is 4.22. The van der Waals surface area contributed by atoms with Crippen molar-refractivity contribution < 1.29 is 4.79 Å². The molecule has 1 fully saturated rings. The molecule has 2 rings (SSSR count). The van der Waals surface area contributed by atoms with Gasteiger partial charge in [-0.05, 0) is 11.0 Å². The summed E-state index contributed by atoms with van der Waals surface area (Å²) in [6.07, 6.45) is 1.40. The molecule has 1 aliphatic rings. The molecule has 4 heteroatoms. The maximum atomic E-state index is 11.9. The Labute approximate surface area is 114 Å². The Morgan fingerprint density at radius 2 is 1.95 bits per heavy atom. The summed E-state index contributed by atoms with van der Waals surface area (Å²) in [4.78, 5) is 11.9. The molecule has 0 aliphatic carbocycles. The number of hydrogen-bond acceptors (Lipinski definition) is 3. The molecule has 4 nitrogen and oxygen atoms in total. The SMILES string of the molecule is CC(C)(C)CC(=O)NC1CC(c2ccccc2)NN1. The molecule has 1 amide bonds. The molecule has 1 aromatic carbocycles. The van der Waals surface area contributed by atoms with Crippen LogP contribution >= 0.6 is 0 Å². The van der Waals surface area contributed by atoms with Gasteiger partial charge in [0.05, 0.1) is 6.17 Å². The van der Waals surface area contributed by atoms with Crippen LogP contribution in [-0.4, -0.2) is 12.1 Å². The molecule has 0 radical (unpaired) electrons. The molecule has 104 valence electrons. The largest absolute Gasteiger partial charge is 0.339 e. The average molecular weight is 261 g/mol. The highest BCUT2D eigenvalue weighted by atomic mass is 16.1. The van der Waals surface area contributed by atoms with Gasteiger partial charge in [-0.3, -0.25) is 4.79 Å². The number of nitrogens with one attached hydrogen (secondary N) is 3. The van der Waals surface area contributed by atoms with Crippen LogP contribution in [0.1, 0.15) is 45.2 Å². The zero-order chi connectivity index (χ0) is 13.9. The van der Waals surface area contributed by atoms with Crippen molar-refractivity contribution in [1.29, 1.82) is 0 Å². The van der Waals surface area contributed by atoms with Gasteiger partial charge in [0.25, 0.3) is 0 Å². The lowest BCUT2D eigenvalue weighted by Gasteiger charge is -2.19. The third-order valence-corrected chi connectivity index (χ3v) is 3.13. The third-order valence-electron chi connectivity index (χ3n) is 3.13. The smallest absolute Gasteiger partial charge is 0.221 e. The molecule has 19 heavy (non-hydrogen) atoms. The van der Waals surface area contributed by atoms with E-state index in [2.05, 4.69) is 49.1 Å². The van der Waals surface area contributed by atoms with Crippen molar-refractivity contribution in [3.05, 3.63) is 35.9 Å². The Morgan fingerprint density at radius 3 is 2.58 bits per heavy atom. The minimum Gasteiger partial charge on any atom is -0.339 e. The second-order valence-corrected chi connectivity index (χ2v) is 6.35. The lowest BCUT2D eigenvalue weighted by atomic mass is 9.92. The molecule has 1 saturated heterocycles. The van der Waals surface area contributed by atoms with E-state index in [0.717, 1.165) is 6.42 Å². The zero-order valence-electron chi connectivity index (χ0n) is 11.9. The fourth-order valence-electron chi connectivity index (χ4n) is 2.28. The highest BCUT2D eigenvalue weighted by molar-refractivity contribution is 5.76. The van der Waals surface area contributed by atoms with Gasteiger partial charge in [-0.1, -0.05) is 51.1 Å². The van der Waals surface area contributed by atoms with E-state index in [1.54, 1.807) is 0 Å². The maximum absolute atomic E-state index is 11.9. The Hall–Kier alpha value is -1.39. The van der Waals surface area contributed by atoms with Crippen LogP contribution in [0.15, 0.2) is 30.3 Å². The molecule has 1 heterocycles. The van der Waals surface area contributed by atoms with Crippen molar-refractivity contribution in [1.82, 2.24) is 16.2 Å². The Bertz CT molecular complexity index is 425. The van der Waals surface area contributed by atoms with Gasteiger partial charge in [-0.25, -0.2) is 10.9 Å². The van der Waals surface area contributed by atoms with Gasteiger partial charge < -0.3 is 5.32 Å². The first-order chi connectivity index (χ1) is 8.94. The second-order valence-electron chi connectivity index (χ2n) is 6.35. The van der Waals surface area contributed by atoms with Crippen molar-refractivity contribution >= 4 is 5.91 Å². The topological polar surface area (TPSA) is 53.2 Å². The zero-order valence-corrected chi connectivity index (χ0v) is 11.9. The fourth-order valence-corrected chi connectivity index (χ4v) is 2.28. The Balaban J connectivity index is 1.84. The summed E-state index contributed by atoms with van der Waals surface area (Å²) in [5.74, 6) is 0.0977. The van der Waals surface area contributed by atoms with E-state index in [1.807, 2.05) is 18.2 Å². The first kappa shape index (κ1) is 14.0. The van der Waals surface area contributed by atoms with Gasteiger partial charge in [-0.2, -0.15) is 0 Å². The van der Waals surface area contributed by atoms with E-state index in [9.17, 15) is 4.79 Å². The van der Waals surface area contributed by atoms with E-state index in [0.29, 0.717) is 6.42 Å². The number of benzene rings is 1. The average Bonchev–Trinajstić information content (AvgIpc) is 2.76. The monoisotopic (exact) mass is 261 g/mol. The van der Waals surface area contributed by atoms with E-state index < -0.39 is 0 Å². The molecule has 2 unspecified atom stereocenters. The second kappa shape index (κ2) is 5.72. The normalized spacial score (nSPS) is 23.3. The summed E-state index contributed by atoms with van der Waals surface area (Å²) >= 11 is 0. The molecule has 2 atom stereocenters. The molecule has 3 N–H and O–H groups in total. The molecular formula is C15H23N3O. The molecule has 0 bridgehead atoms. The van der Waals surface area contributed by atoms with Crippen molar-refractivity contribution in [2.24, 2.45) is 5.41 Å². The predicted octanol–water partition coefficient (Wildman–Crippen LogP) is 2.10. The van der Waals surface area contributed by atoms with Crippen LogP contribution in [0.2, 0.25) is 0 Å². The number of carbonyl (C=O) groups excluding carboxylic acids is 1. The van der Waals surface area contributed by atoms with E-state index in [1.165, 1.54) is 5.56 Å². The van der Waals surface area contributed by atoms with Gasteiger partial charge >= 0.3 is 0 Å². The maximum Gasteiger partial charge on any atom is 0.221 e. The fraction of sp³-hybridized carbons (Fsp3) is 0.533. The number of hydrogen-bond donors (Lipinski definition) is 3. The standard InChI is InChI=1S/C15H23N3O/c1-15(2,3)10-14(19)16-13-9-12(17-18-13)11-7-5-4-6-8-11/h4-8,12-13,17-18H,9-10H2,1-3H3,(H,16,19). The van der Waals surface area contributed by atoms with E-state index in [4.69, 9.17) is 0 Å². The van der Waals surface area contributed by atoms with Crippen molar-refractivity contribution in [3.63, 3.8) is 0 Å². The molecule has 1 aromatic rings. The summed E-state index contributed by atoms with van der Waals surface area (Å²) in [6.45, 7) is 6.21. The van der Waals surface area contributed by atoms with Gasteiger partial charge in [0, 0.05) is 18.9 Å². The highest BCUT2D eigenvalue weighted by Crippen LogP contribution is 2.22. The van der Waals surface area contributed by atoms with Crippen LogP contribution in [0, 0.1) is 5.41 Å². The van der Waals surface area contributed by atoms with E-state index >= 15 is 0 Å². The minimum absolute atomic E-state index is 0.0000520. The van der Waals surface area contributed by atoms with Crippen molar-refractivity contribution in [3.8, 4) is 0 Å². The van der Waals surface area contributed by atoms with Crippen LogP contribution in [-0.2, 0) is 4.79 Å². The molecule has 1 aliphatic heterocycles. The van der Waals surface area contributed by atoms with Crippen molar-refractivity contribution in [2.75, 3.05) is 0 Å². The van der Waals surface area contributed by atoms with Crippen LogP contribution < -0.4 is 16.2 Å². The number of carbonyl (C=O) groups is 1.